The first kappa shape index (κ1) is 15.0. The lowest BCUT2D eigenvalue weighted by atomic mass is 9.61. The maximum atomic E-state index is 12.7. The molecule has 5 heteroatoms. The van der Waals surface area contributed by atoms with Crippen molar-refractivity contribution in [2.24, 2.45) is 18.4 Å². The van der Waals surface area contributed by atoms with Gasteiger partial charge in [-0.25, -0.2) is 0 Å². The van der Waals surface area contributed by atoms with Crippen LogP contribution in [0.2, 0.25) is 5.02 Å². The molecular weight excluding hydrogens is 310 g/mol. The molecule has 4 nitrogen and oxygen atoms in total. The first-order valence-corrected chi connectivity index (χ1v) is 8.83. The van der Waals surface area contributed by atoms with Crippen molar-refractivity contribution in [2.75, 3.05) is 6.54 Å². The van der Waals surface area contributed by atoms with Gasteiger partial charge in [0.1, 0.15) is 0 Å². The summed E-state index contributed by atoms with van der Waals surface area (Å²) in [6, 6.07) is 0. The van der Waals surface area contributed by atoms with Gasteiger partial charge in [-0.3, -0.25) is 9.78 Å². The highest BCUT2D eigenvalue weighted by atomic mass is 35.5. The van der Waals surface area contributed by atoms with Crippen LogP contribution in [-0.2, 0) is 7.05 Å². The quantitative estimate of drug-likeness (QED) is 0.926. The lowest BCUT2D eigenvalue weighted by Crippen LogP contribution is -2.43. The van der Waals surface area contributed by atoms with Crippen LogP contribution in [0.3, 0.4) is 0 Å². The van der Waals surface area contributed by atoms with Gasteiger partial charge < -0.3 is 9.88 Å². The molecule has 2 aromatic rings. The number of aromatic nitrogens is 2. The standard InChI is InChI=1S/C18H22ClN3O/c1-22-10-13(16-14(19)8-20-9-15(16)22)17(23)21-11-18-5-2-12(3-6-18)4-7-18/h8-10,12H,2-7,11H2,1H3,(H,21,23). The largest absolute Gasteiger partial charge is 0.351 e. The summed E-state index contributed by atoms with van der Waals surface area (Å²) >= 11 is 6.27. The van der Waals surface area contributed by atoms with Crippen LogP contribution in [0.4, 0.5) is 0 Å². The number of aryl methyl sites for hydroxylation is 1. The van der Waals surface area contributed by atoms with E-state index >= 15 is 0 Å². The van der Waals surface area contributed by atoms with E-state index in [9.17, 15) is 4.79 Å². The van der Waals surface area contributed by atoms with Crippen molar-refractivity contribution in [3.8, 4) is 0 Å². The van der Waals surface area contributed by atoms with Gasteiger partial charge in [0.15, 0.2) is 0 Å². The lowest BCUT2D eigenvalue weighted by molar-refractivity contribution is 0.0598. The molecule has 2 heterocycles. The number of amides is 1. The average Bonchev–Trinajstić information content (AvgIpc) is 2.93. The molecule has 3 aliphatic rings. The van der Waals surface area contributed by atoms with Gasteiger partial charge in [-0.1, -0.05) is 11.6 Å². The van der Waals surface area contributed by atoms with E-state index in [0.717, 1.165) is 23.4 Å². The van der Waals surface area contributed by atoms with Gasteiger partial charge in [-0.2, -0.15) is 0 Å². The number of carbonyl (C=O) groups is 1. The summed E-state index contributed by atoms with van der Waals surface area (Å²) in [7, 11) is 1.91. The molecule has 1 N–H and O–H groups in total. The number of carbonyl (C=O) groups excluding carboxylic acids is 1. The van der Waals surface area contributed by atoms with Crippen molar-refractivity contribution >= 4 is 28.4 Å². The Hall–Kier alpha value is -1.55. The molecule has 2 bridgehead atoms. The molecule has 0 saturated heterocycles. The zero-order valence-electron chi connectivity index (χ0n) is 13.4. The molecule has 122 valence electrons. The Bertz CT molecular complexity index is 745. The first-order valence-electron chi connectivity index (χ1n) is 8.45. The summed E-state index contributed by atoms with van der Waals surface area (Å²) in [5, 5.41) is 4.52. The third-order valence-electron chi connectivity index (χ3n) is 5.97. The summed E-state index contributed by atoms with van der Waals surface area (Å²) < 4.78 is 1.91. The second kappa shape index (κ2) is 5.52. The minimum Gasteiger partial charge on any atom is -0.351 e. The van der Waals surface area contributed by atoms with Gasteiger partial charge >= 0.3 is 0 Å². The molecule has 0 aromatic carbocycles. The molecule has 3 aliphatic carbocycles. The maximum Gasteiger partial charge on any atom is 0.253 e. The van der Waals surface area contributed by atoms with E-state index in [0.29, 0.717) is 16.0 Å². The number of hydrogen-bond acceptors (Lipinski definition) is 2. The Morgan fingerprint density at radius 2 is 2.04 bits per heavy atom. The molecule has 1 amide bonds. The minimum atomic E-state index is -0.0224. The Kier molecular flexibility index (Phi) is 3.60. The number of fused-ring (bicyclic) bond motifs is 4. The van der Waals surface area contributed by atoms with Gasteiger partial charge in [0.2, 0.25) is 0 Å². The van der Waals surface area contributed by atoms with E-state index in [-0.39, 0.29) is 5.91 Å². The highest BCUT2D eigenvalue weighted by Gasteiger charge is 2.40. The zero-order chi connectivity index (χ0) is 16.0. The molecule has 0 atom stereocenters. The average molecular weight is 332 g/mol. The maximum absolute atomic E-state index is 12.7. The molecule has 3 fully saturated rings. The molecule has 5 rings (SSSR count). The topological polar surface area (TPSA) is 46.9 Å². The highest BCUT2D eigenvalue weighted by molar-refractivity contribution is 6.36. The van der Waals surface area contributed by atoms with Crippen LogP contribution >= 0.6 is 11.6 Å². The Morgan fingerprint density at radius 1 is 1.35 bits per heavy atom. The van der Waals surface area contributed by atoms with Crippen LogP contribution in [0.25, 0.3) is 10.9 Å². The molecule has 0 aliphatic heterocycles. The molecule has 3 saturated carbocycles. The molecule has 23 heavy (non-hydrogen) atoms. The normalized spacial score (nSPS) is 26.6. The molecule has 0 spiro atoms. The van der Waals surface area contributed by atoms with Crippen LogP contribution in [0, 0.1) is 11.3 Å². The second-order valence-corrected chi connectivity index (χ2v) is 7.74. The van der Waals surface area contributed by atoms with E-state index in [1.165, 1.54) is 38.5 Å². The molecule has 0 radical (unpaired) electrons. The highest BCUT2D eigenvalue weighted by Crippen LogP contribution is 2.49. The predicted molar refractivity (Wildman–Crippen MR) is 91.7 cm³/mol. The van der Waals surface area contributed by atoms with Gasteiger partial charge in [-0.15, -0.1) is 0 Å². The van der Waals surface area contributed by atoms with E-state index in [4.69, 9.17) is 11.6 Å². The van der Waals surface area contributed by atoms with Gasteiger partial charge in [0, 0.05) is 31.4 Å². The van der Waals surface area contributed by atoms with E-state index in [1.54, 1.807) is 12.4 Å². The smallest absolute Gasteiger partial charge is 0.253 e. The van der Waals surface area contributed by atoms with Crippen molar-refractivity contribution in [3.05, 3.63) is 29.2 Å². The monoisotopic (exact) mass is 331 g/mol. The SMILES string of the molecule is Cn1cc(C(=O)NCC23CCC(CC2)CC3)c2c(Cl)cncc21. The fourth-order valence-electron chi connectivity index (χ4n) is 4.43. The summed E-state index contributed by atoms with van der Waals surface area (Å²) in [4.78, 5) is 16.8. The van der Waals surface area contributed by atoms with Gasteiger partial charge in [0.25, 0.3) is 5.91 Å². The van der Waals surface area contributed by atoms with E-state index in [1.807, 2.05) is 17.8 Å². The van der Waals surface area contributed by atoms with Crippen LogP contribution in [0.15, 0.2) is 18.6 Å². The van der Waals surface area contributed by atoms with Crippen LogP contribution in [0.5, 0.6) is 0 Å². The summed E-state index contributed by atoms with van der Waals surface area (Å²) in [5.41, 5.74) is 1.87. The van der Waals surface area contributed by atoms with Crippen molar-refractivity contribution in [2.45, 2.75) is 38.5 Å². The fraction of sp³-hybridized carbons (Fsp3) is 0.556. The first-order chi connectivity index (χ1) is 11.1. The van der Waals surface area contributed by atoms with Crippen LogP contribution in [0.1, 0.15) is 48.9 Å². The van der Waals surface area contributed by atoms with Crippen molar-refractivity contribution < 1.29 is 4.79 Å². The van der Waals surface area contributed by atoms with E-state index < -0.39 is 0 Å². The van der Waals surface area contributed by atoms with Crippen molar-refractivity contribution in [3.63, 3.8) is 0 Å². The number of pyridine rings is 1. The zero-order valence-corrected chi connectivity index (χ0v) is 14.2. The minimum absolute atomic E-state index is 0.0224. The number of halogens is 1. The fourth-order valence-corrected chi connectivity index (χ4v) is 4.68. The van der Waals surface area contributed by atoms with Gasteiger partial charge in [-0.05, 0) is 49.9 Å². The van der Waals surface area contributed by atoms with Crippen molar-refractivity contribution in [1.82, 2.24) is 14.9 Å². The van der Waals surface area contributed by atoms with Gasteiger partial charge in [0.05, 0.1) is 22.3 Å². The number of hydrogen-bond donors (Lipinski definition) is 1. The molecule has 2 aromatic heterocycles. The van der Waals surface area contributed by atoms with Crippen LogP contribution in [-0.4, -0.2) is 22.0 Å². The number of nitrogens with zero attached hydrogens (tertiary/aromatic N) is 2. The molecule has 0 unspecified atom stereocenters. The van der Waals surface area contributed by atoms with Crippen molar-refractivity contribution in [1.29, 1.82) is 0 Å². The van der Waals surface area contributed by atoms with Crippen LogP contribution < -0.4 is 5.32 Å². The molecular formula is C18H22ClN3O. The summed E-state index contributed by atoms with van der Waals surface area (Å²) in [5.74, 6) is 0.919. The van der Waals surface area contributed by atoms with E-state index in [2.05, 4.69) is 10.3 Å². The predicted octanol–water partition coefficient (Wildman–Crippen LogP) is 3.93. The Balaban J connectivity index is 1.56. The number of rotatable bonds is 3. The third-order valence-corrected chi connectivity index (χ3v) is 6.26. The summed E-state index contributed by atoms with van der Waals surface area (Å²) in [6.07, 6.45) is 13.0. The Labute approximate surface area is 141 Å². The third kappa shape index (κ3) is 2.53. The number of nitrogens with one attached hydrogen (secondary N) is 1. The second-order valence-electron chi connectivity index (χ2n) is 7.33. The summed E-state index contributed by atoms with van der Waals surface area (Å²) in [6.45, 7) is 0.789. The Morgan fingerprint density at radius 3 is 2.74 bits per heavy atom. The lowest BCUT2D eigenvalue weighted by Gasteiger charge is -2.46.